The van der Waals surface area contributed by atoms with Crippen molar-refractivity contribution in [1.29, 1.82) is 0 Å². The normalized spacial score (nSPS) is 11.1. The van der Waals surface area contributed by atoms with Crippen LogP contribution < -0.4 is 10.1 Å². The third kappa shape index (κ3) is 5.41. The van der Waals surface area contributed by atoms with Gasteiger partial charge in [0, 0.05) is 16.6 Å². The Bertz CT molecular complexity index is 1030. The molecular weight excluding hydrogens is 367 g/mol. The second-order valence-corrected chi connectivity index (χ2v) is 6.80. The fourth-order valence-electron chi connectivity index (χ4n) is 2.95. The van der Waals surface area contributed by atoms with Gasteiger partial charge in [-0.05, 0) is 62.6 Å². The molecule has 1 heterocycles. The van der Waals surface area contributed by atoms with Gasteiger partial charge >= 0.3 is 0 Å². The van der Waals surface area contributed by atoms with Gasteiger partial charge in [-0.2, -0.15) is 0 Å². The van der Waals surface area contributed by atoms with Crippen molar-refractivity contribution >= 4 is 22.5 Å². The molecule has 5 heteroatoms. The van der Waals surface area contributed by atoms with Crippen LogP contribution >= 0.6 is 0 Å². The zero-order chi connectivity index (χ0) is 20.6. The second-order valence-electron chi connectivity index (χ2n) is 6.80. The average Bonchev–Trinajstić information content (AvgIpc) is 2.72. The number of pyridine rings is 1. The Morgan fingerprint density at radius 1 is 1.17 bits per heavy atom. The van der Waals surface area contributed by atoms with Crippen LogP contribution in [0.3, 0.4) is 0 Å². The zero-order valence-corrected chi connectivity index (χ0v) is 16.7. The molecule has 4 nitrogen and oxygen atoms in total. The maximum absolute atomic E-state index is 14.7. The first kappa shape index (κ1) is 20.5. The number of amides is 1. The number of nitrogens with zero attached hydrogens (tertiary/aromatic N) is 1. The predicted molar refractivity (Wildman–Crippen MR) is 115 cm³/mol. The highest BCUT2D eigenvalue weighted by molar-refractivity contribution is 6.06. The fourth-order valence-corrected chi connectivity index (χ4v) is 2.95. The Labute approximate surface area is 170 Å². The number of hydrogen-bond acceptors (Lipinski definition) is 3. The van der Waals surface area contributed by atoms with Crippen LogP contribution in [0.1, 0.15) is 42.2 Å². The van der Waals surface area contributed by atoms with Crippen LogP contribution in [0.5, 0.6) is 5.75 Å². The van der Waals surface area contributed by atoms with E-state index >= 15 is 0 Å². The minimum atomic E-state index is -0.567. The second kappa shape index (κ2) is 9.82. The molecule has 1 amide bonds. The monoisotopic (exact) mass is 392 g/mol. The van der Waals surface area contributed by atoms with Crippen LogP contribution in [0.4, 0.5) is 10.1 Å². The molecule has 3 aromatic rings. The van der Waals surface area contributed by atoms with E-state index in [-0.39, 0.29) is 17.3 Å². The Morgan fingerprint density at radius 2 is 2.03 bits per heavy atom. The smallest absolute Gasteiger partial charge is 0.255 e. The number of rotatable bonds is 8. The third-order valence-electron chi connectivity index (χ3n) is 4.48. The van der Waals surface area contributed by atoms with Gasteiger partial charge in [0.2, 0.25) is 0 Å². The van der Waals surface area contributed by atoms with Crippen molar-refractivity contribution in [3.05, 3.63) is 77.8 Å². The van der Waals surface area contributed by atoms with E-state index in [0.29, 0.717) is 12.2 Å². The first-order valence-electron chi connectivity index (χ1n) is 9.83. The maximum Gasteiger partial charge on any atom is 0.255 e. The molecule has 1 N–H and O–H groups in total. The van der Waals surface area contributed by atoms with Crippen molar-refractivity contribution < 1.29 is 13.9 Å². The highest BCUT2D eigenvalue weighted by Crippen LogP contribution is 2.25. The number of halogens is 1. The molecule has 1 aromatic heterocycles. The van der Waals surface area contributed by atoms with Gasteiger partial charge < -0.3 is 10.1 Å². The minimum absolute atomic E-state index is 0.0977. The van der Waals surface area contributed by atoms with Crippen molar-refractivity contribution in [2.45, 2.75) is 33.1 Å². The van der Waals surface area contributed by atoms with E-state index in [9.17, 15) is 9.18 Å². The SMILES string of the molecule is CCC=CCCCOc1cccc(NC(=O)c2ccc3nc(C)ccc3c2)c1F. The molecule has 0 fully saturated rings. The number of anilines is 1. The summed E-state index contributed by atoms with van der Waals surface area (Å²) in [6.45, 7) is 4.41. The van der Waals surface area contributed by atoms with Crippen LogP contribution in [0.25, 0.3) is 10.9 Å². The standard InChI is InChI=1S/C24H25FN2O2/c1-3-4-5-6-7-15-29-22-10-8-9-21(23(22)25)27-24(28)19-13-14-20-18(16-19)12-11-17(2)26-20/h4-5,8-14,16H,3,6-7,15H2,1-2H3,(H,27,28). The van der Waals surface area contributed by atoms with Crippen molar-refractivity contribution in [3.63, 3.8) is 0 Å². The Kier molecular flexibility index (Phi) is 6.95. The van der Waals surface area contributed by atoms with Gasteiger partial charge in [0.25, 0.3) is 5.91 Å². The van der Waals surface area contributed by atoms with Gasteiger partial charge in [0.15, 0.2) is 11.6 Å². The van der Waals surface area contributed by atoms with Crippen LogP contribution in [0.2, 0.25) is 0 Å². The summed E-state index contributed by atoms with van der Waals surface area (Å²) in [5.74, 6) is -0.809. The van der Waals surface area contributed by atoms with Gasteiger partial charge in [-0.1, -0.05) is 31.2 Å². The van der Waals surface area contributed by atoms with Gasteiger partial charge in [-0.3, -0.25) is 9.78 Å². The summed E-state index contributed by atoms with van der Waals surface area (Å²) in [6, 6.07) is 13.8. The summed E-state index contributed by atoms with van der Waals surface area (Å²) < 4.78 is 20.3. The molecule has 0 aliphatic heterocycles. The molecule has 0 saturated carbocycles. The molecular formula is C24H25FN2O2. The largest absolute Gasteiger partial charge is 0.490 e. The molecule has 0 radical (unpaired) electrons. The van der Waals surface area contributed by atoms with Crippen molar-refractivity contribution in [3.8, 4) is 5.75 Å². The van der Waals surface area contributed by atoms with Crippen molar-refractivity contribution in [1.82, 2.24) is 4.98 Å². The molecule has 0 aliphatic carbocycles. The van der Waals surface area contributed by atoms with Crippen LogP contribution in [0, 0.1) is 12.7 Å². The van der Waals surface area contributed by atoms with E-state index in [1.165, 1.54) is 6.07 Å². The van der Waals surface area contributed by atoms with Crippen molar-refractivity contribution in [2.75, 3.05) is 11.9 Å². The number of hydrogen-bond donors (Lipinski definition) is 1. The van der Waals surface area contributed by atoms with E-state index in [1.54, 1.807) is 30.3 Å². The molecule has 29 heavy (non-hydrogen) atoms. The molecule has 0 atom stereocenters. The van der Waals surface area contributed by atoms with E-state index in [2.05, 4.69) is 29.4 Å². The Hall–Kier alpha value is -3.21. The number of aromatic nitrogens is 1. The highest BCUT2D eigenvalue weighted by atomic mass is 19.1. The number of benzene rings is 2. The van der Waals surface area contributed by atoms with Crippen LogP contribution in [-0.2, 0) is 0 Å². The third-order valence-corrected chi connectivity index (χ3v) is 4.48. The van der Waals surface area contributed by atoms with E-state index in [1.807, 2.05) is 19.1 Å². The molecule has 0 aliphatic rings. The Balaban J connectivity index is 1.67. The molecule has 0 bridgehead atoms. The fraction of sp³-hybridized carbons (Fsp3) is 0.250. The highest BCUT2D eigenvalue weighted by Gasteiger charge is 2.13. The van der Waals surface area contributed by atoms with Crippen LogP contribution in [0.15, 0.2) is 60.7 Å². The van der Waals surface area contributed by atoms with Gasteiger partial charge in [-0.25, -0.2) is 4.39 Å². The maximum atomic E-state index is 14.7. The van der Waals surface area contributed by atoms with Gasteiger partial charge in [0.05, 0.1) is 17.8 Å². The van der Waals surface area contributed by atoms with Gasteiger partial charge in [-0.15, -0.1) is 0 Å². The predicted octanol–water partition coefficient (Wildman–Crippen LogP) is 6.06. The summed E-state index contributed by atoms with van der Waals surface area (Å²) in [7, 11) is 0. The molecule has 0 spiro atoms. The lowest BCUT2D eigenvalue weighted by Crippen LogP contribution is -2.13. The zero-order valence-electron chi connectivity index (χ0n) is 16.7. The number of fused-ring (bicyclic) bond motifs is 1. The summed E-state index contributed by atoms with van der Waals surface area (Å²) in [5, 5.41) is 3.49. The van der Waals surface area contributed by atoms with E-state index in [4.69, 9.17) is 4.74 Å². The number of carbonyl (C=O) groups excluding carboxylic acids is 1. The number of carbonyl (C=O) groups is 1. The Morgan fingerprint density at radius 3 is 2.86 bits per heavy atom. The lowest BCUT2D eigenvalue weighted by molar-refractivity contribution is 0.102. The minimum Gasteiger partial charge on any atom is -0.490 e. The van der Waals surface area contributed by atoms with E-state index in [0.717, 1.165) is 35.9 Å². The molecule has 0 unspecified atom stereocenters. The van der Waals surface area contributed by atoms with Crippen LogP contribution in [-0.4, -0.2) is 17.5 Å². The summed E-state index contributed by atoms with van der Waals surface area (Å²) in [5.41, 5.74) is 2.27. The molecule has 2 aromatic carbocycles. The average molecular weight is 392 g/mol. The summed E-state index contributed by atoms with van der Waals surface area (Å²) in [6.07, 6.45) is 6.89. The molecule has 0 saturated heterocycles. The van der Waals surface area contributed by atoms with Crippen molar-refractivity contribution in [2.24, 2.45) is 0 Å². The number of allylic oxidation sites excluding steroid dienone is 2. The topological polar surface area (TPSA) is 51.2 Å². The summed E-state index contributed by atoms with van der Waals surface area (Å²) >= 11 is 0. The lowest BCUT2D eigenvalue weighted by Gasteiger charge is -2.11. The van der Waals surface area contributed by atoms with Gasteiger partial charge in [0.1, 0.15) is 0 Å². The number of nitrogens with one attached hydrogen (secondary N) is 1. The molecule has 3 rings (SSSR count). The molecule has 150 valence electrons. The first-order chi connectivity index (χ1) is 14.1. The lowest BCUT2D eigenvalue weighted by atomic mass is 10.1. The first-order valence-corrected chi connectivity index (χ1v) is 9.83. The number of ether oxygens (including phenoxy) is 1. The number of unbranched alkanes of at least 4 members (excludes halogenated alkanes) is 1. The number of aryl methyl sites for hydroxylation is 1. The summed E-state index contributed by atoms with van der Waals surface area (Å²) in [4.78, 5) is 17.0. The quantitative estimate of drug-likeness (QED) is 0.374. The van der Waals surface area contributed by atoms with E-state index < -0.39 is 5.82 Å².